The van der Waals surface area contributed by atoms with Crippen LogP contribution in [0, 0.1) is 0 Å². The highest BCUT2D eigenvalue weighted by molar-refractivity contribution is 5.82. The number of carbonyl (C=O) groups is 2. The standard InChI is InChI=1S/C14H19N3O2/c1-16-6-8-17(9-7-16)13(14(15)19)12-4-2-11(10-18)3-5-12/h2-5,10,13H,6-9H2,1H3,(H2,15,19). The second kappa shape index (κ2) is 5.95. The molecule has 0 spiro atoms. The number of primary amides is 1. The lowest BCUT2D eigenvalue weighted by atomic mass is 10.0. The van der Waals surface area contributed by atoms with Crippen molar-refractivity contribution in [3.63, 3.8) is 0 Å². The van der Waals surface area contributed by atoms with Crippen molar-refractivity contribution in [2.45, 2.75) is 6.04 Å². The van der Waals surface area contributed by atoms with Crippen molar-refractivity contribution in [2.75, 3.05) is 33.2 Å². The van der Waals surface area contributed by atoms with E-state index in [0.717, 1.165) is 38.0 Å². The summed E-state index contributed by atoms with van der Waals surface area (Å²) in [7, 11) is 2.06. The van der Waals surface area contributed by atoms with Crippen molar-refractivity contribution < 1.29 is 9.59 Å². The van der Waals surface area contributed by atoms with Crippen LogP contribution < -0.4 is 5.73 Å². The lowest BCUT2D eigenvalue weighted by Crippen LogP contribution is -2.49. The first kappa shape index (κ1) is 13.7. The molecule has 1 aliphatic rings. The number of nitrogens with two attached hydrogens (primary N) is 1. The molecule has 0 saturated carbocycles. The number of carbonyl (C=O) groups excluding carboxylic acids is 2. The zero-order valence-electron chi connectivity index (χ0n) is 11.1. The van der Waals surface area contributed by atoms with Crippen LogP contribution in [0.5, 0.6) is 0 Å². The Kier molecular flexibility index (Phi) is 4.29. The Hall–Kier alpha value is -1.72. The molecule has 1 aromatic carbocycles. The normalized spacial score (nSPS) is 19.0. The average Bonchev–Trinajstić information content (AvgIpc) is 2.42. The number of rotatable bonds is 4. The number of hydrogen-bond donors (Lipinski definition) is 1. The zero-order chi connectivity index (χ0) is 13.8. The van der Waals surface area contributed by atoms with Gasteiger partial charge in [-0.05, 0) is 12.6 Å². The van der Waals surface area contributed by atoms with Gasteiger partial charge in [-0.15, -0.1) is 0 Å². The molecule has 102 valence electrons. The molecule has 2 N–H and O–H groups in total. The summed E-state index contributed by atoms with van der Waals surface area (Å²) in [6, 6.07) is 6.63. The number of aldehydes is 1. The van der Waals surface area contributed by atoms with Crippen LogP contribution in [0.4, 0.5) is 0 Å². The van der Waals surface area contributed by atoms with Gasteiger partial charge in [0.15, 0.2) is 0 Å². The van der Waals surface area contributed by atoms with Crippen LogP contribution in [0.1, 0.15) is 22.0 Å². The lowest BCUT2D eigenvalue weighted by Gasteiger charge is -2.36. The second-order valence-electron chi connectivity index (χ2n) is 4.93. The summed E-state index contributed by atoms with van der Waals surface area (Å²) in [6.07, 6.45) is 0.791. The molecule has 1 heterocycles. The Morgan fingerprint density at radius 1 is 1.21 bits per heavy atom. The third kappa shape index (κ3) is 3.19. The Bertz CT molecular complexity index is 450. The smallest absolute Gasteiger partial charge is 0.239 e. The SMILES string of the molecule is CN1CCN(C(C(N)=O)c2ccc(C=O)cc2)CC1. The number of amides is 1. The summed E-state index contributed by atoms with van der Waals surface area (Å²) >= 11 is 0. The first-order chi connectivity index (χ1) is 9.11. The minimum Gasteiger partial charge on any atom is -0.368 e. The molecule has 1 amide bonds. The maximum atomic E-state index is 11.7. The van der Waals surface area contributed by atoms with Crippen molar-refractivity contribution in [3.8, 4) is 0 Å². The molecular weight excluding hydrogens is 242 g/mol. The molecule has 0 bridgehead atoms. The predicted octanol–water partition coefficient (Wildman–Crippen LogP) is 0.273. The van der Waals surface area contributed by atoms with E-state index in [4.69, 9.17) is 5.73 Å². The topological polar surface area (TPSA) is 66.6 Å². The van der Waals surface area contributed by atoms with Gasteiger partial charge in [0.25, 0.3) is 0 Å². The first-order valence-electron chi connectivity index (χ1n) is 6.39. The number of hydrogen-bond acceptors (Lipinski definition) is 4. The molecule has 0 aliphatic carbocycles. The van der Waals surface area contributed by atoms with Gasteiger partial charge < -0.3 is 10.6 Å². The largest absolute Gasteiger partial charge is 0.368 e. The van der Waals surface area contributed by atoms with Crippen LogP contribution >= 0.6 is 0 Å². The van der Waals surface area contributed by atoms with E-state index in [-0.39, 0.29) is 5.91 Å². The molecule has 1 unspecified atom stereocenters. The second-order valence-corrected chi connectivity index (χ2v) is 4.93. The minimum absolute atomic E-state index is 0.344. The van der Waals surface area contributed by atoms with E-state index >= 15 is 0 Å². The minimum atomic E-state index is -0.408. The number of likely N-dealkylation sites (N-methyl/N-ethyl adjacent to an activating group) is 1. The summed E-state index contributed by atoms with van der Waals surface area (Å²) < 4.78 is 0. The van der Waals surface area contributed by atoms with E-state index < -0.39 is 6.04 Å². The van der Waals surface area contributed by atoms with Crippen LogP contribution in [0.2, 0.25) is 0 Å². The molecular formula is C14H19N3O2. The monoisotopic (exact) mass is 261 g/mol. The molecule has 2 rings (SSSR count). The van der Waals surface area contributed by atoms with Crippen molar-refractivity contribution in [1.82, 2.24) is 9.80 Å². The van der Waals surface area contributed by atoms with Gasteiger partial charge in [-0.1, -0.05) is 24.3 Å². The average molecular weight is 261 g/mol. The number of nitrogens with zero attached hydrogens (tertiary/aromatic N) is 2. The molecule has 1 aromatic rings. The molecule has 1 saturated heterocycles. The molecule has 1 fully saturated rings. The fraction of sp³-hybridized carbons (Fsp3) is 0.429. The Labute approximate surface area is 113 Å². The van der Waals surface area contributed by atoms with Crippen molar-refractivity contribution >= 4 is 12.2 Å². The van der Waals surface area contributed by atoms with E-state index in [9.17, 15) is 9.59 Å². The molecule has 0 aromatic heterocycles. The molecule has 1 aliphatic heterocycles. The summed E-state index contributed by atoms with van der Waals surface area (Å²) in [4.78, 5) is 26.7. The summed E-state index contributed by atoms with van der Waals surface area (Å²) in [6.45, 7) is 3.49. The summed E-state index contributed by atoms with van der Waals surface area (Å²) in [5, 5.41) is 0. The first-order valence-corrected chi connectivity index (χ1v) is 6.39. The predicted molar refractivity (Wildman–Crippen MR) is 72.8 cm³/mol. The van der Waals surface area contributed by atoms with Crippen LogP contribution in [-0.2, 0) is 4.79 Å². The van der Waals surface area contributed by atoms with Gasteiger partial charge in [-0.2, -0.15) is 0 Å². The van der Waals surface area contributed by atoms with Gasteiger partial charge in [0.2, 0.25) is 5.91 Å². The molecule has 19 heavy (non-hydrogen) atoms. The number of piperazine rings is 1. The van der Waals surface area contributed by atoms with Crippen molar-refractivity contribution in [2.24, 2.45) is 5.73 Å². The highest BCUT2D eigenvalue weighted by atomic mass is 16.1. The lowest BCUT2D eigenvalue weighted by molar-refractivity contribution is -0.124. The van der Waals surface area contributed by atoms with Gasteiger partial charge in [0.05, 0.1) is 0 Å². The van der Waals surface area contributed by atoms with Gasteiger partial charge >= 0.3 is 0 Å². The summed E-state index contributed by atoms with van der Waals surface area (Å²) in [5.41, 5.74) is 6.99. The third-order valence-corrected chi connectivity index (χ3v) is 3.56. The Morgan fingerprint density at radius 3 is 2.26 bits per heavy atom. The Balaban J connectivity index is 2.19. The Morgan fingerprint density at radius 2 is 1.79 bits per heavy atom. The van der Waals surface area contributed by atoms with E-state index in [1.807, 2.05) is 0 Å². The fourth-order valence-electron chi connectivity index (χ4n) is 2.39. The van der Waals surface area contributed by atoms with Crippen LogP contribution in [0.3, 0.4) is 0 Å². The van der Waals surface area contributed by atoms with Gasteiger partial charge in [0.1, 0.15) is 12.3 Å². The van der Waals surface area contributed by atoms with Crippen LogP contribution in [0.15, 0.2) is 24.3 Å². The highest BCUT2D eigenvalue weighted by Crippen LogP contribution is 2.22. The van der Waals surface area contributed by atoms with Gasteiger partial charge in [-0.25, -0.2) is 0 Å². The van der Waals surface area contributed by atoms with E-state index in [0.29, 0.717) is 5.56 Å². The summed E-state index contributed by atoms with van der Waals surface area (Å²) in [5.74, 6) is -0.344. The van der Waals surface area contributed by atoms with E-state index in [1.54, 1.807) is 24.3 Å². The molecule has 5 heteroatoms. The molecule has 0 radical (unpaired) electrons. The fourth-order valence-corrected chi connectivity index (χ4v) is 2.39. The number of benzene rings is 1. The van der Waals surface area contributed by atoms with Crippen LogP contribution in [-0.4, -0.2) is 55.2 Å². The molecule has 5 nitrogen and oxygen atoms in total. The maximum Gasteiger partial charge on any atom is 0.239 e. The van der Waals surface area contributed by atoms with E-state index in [2.05, 4.69) is 16.8 Å². The maximum absolute atomic E-state index is 11.7. The van der Waals surface area contributed by atoms with Gasteiger partial charge in [0, 0.05) is 31.7 Å². The van der Waals surface area contributed by atoms with Crippen LogP contribution in [0.25, 0.3) is 0 Å². The molecule has 1 atom stereocenters. The van der Waals surface area contributed by atoms with Crippen molar-refractivity contribution in [1.29, 1.82) is 0 Å². The van der Waals surface area contributed by atoms with Crippen molar-refractivity contribution in [3.05, 3.63) is 35.4 Å². The highest BCUT2D eigenvalue weighted by Gasteiger charge is 2.27. The third-order valence-electron chi connectivity index (χ3n) is 3.56. The quantitative estimate of drug-likeness (QED) is 0.790. The van der Waals surface area contributed by atoms with Gasteiger partial charge in [-0.3, -0.25) is 14.5 Å². The van der Waals surface area contributed by atoms with E-state index in [1.165, 1.54) is 0 Å². The zero-order valence-corrected chi connectivity index (χ0v) is 11.1.